The van der Waals surface area contributed by atoms with E-state index in [0.717, 1.165) is 31.2 Å². The number of carbonyl (C=O) groups is 1. The SMILES string of the molecule is CN=C(NCc1ccc(OC)c(C(=O)OC)c1)NCC(c1cccs1)N1CCCC1. The molecule has 2 N–H and O–H groups in total. The molecule has 2 aromatic rings. The Morgan fingerprint density at radius 1 is 1.23 bits per heavy atom. The summed E-state index contributed by atoms with van der Waals surface area (Å²) in [4.78, 5) is 20.3. The molecule has 0 radical (unpaired) electrons. The molecule has 7 nitrogen and oxygen atoms in total. The first kappa shape index (κ1) is 22.1. The molecule has 1 aliphatic heterocycles. The van der Waals surface area contributed by atoms with Crippen LogP contribution in [0, 0.1) is 0 Å². The van der Waals surface area contributed by atoms with E-state index in [-0.39, 0.29) is 0 Å². The number of nitrogens with zero attached hydrogens (tertiary/aromatic N) is 2. The second kappa shape index (κ2) is 11.0. The van der Waals surface area contributed by atoms with Crippen LogP contribution in [0.5, 0.6) is 5.75 Å². The first-order valence-electron chi connectivity index (χ1n) is 10.1. The van der Waals surface area contributed by atoms with Gasteiger partial charge in [0.25, 0.3) is 0 Å². The Morgan fingerprint density at radius 2 is 2.03 bits per heavy atom. The number of rotatable bonds is 8. The number of esters is 1. The van der Waals surface area contributed by atoms with Crippen molar-refractivity contribution in [1.82, 2.24) is 15.5 Å². The molecule has 1 atom stereocenters. The highest BCUT2D eigenvalue weighted by Gasteiger charge is 2.24. The Hall–Kier alpha value is -2.58. The lowest BCUT2D eigenvalue weighted by atomic mass is 10.1. The second-order valence-corrected chi connectivity index (χ2v) is 8.09. The van der Waals surface area contributed by atoms with Crippen LogP contribution >= 0.6 is 11.3 Å². The molecular formula is C22H30N4O3S. The van der Waals surface area contributed by atoms with Gasteiger partial charge < -0.3 is 20.1 Å². The van der Waals surface area contributed by atoms with Crippen molar-refractivity contribution in [2.45, 2.75) is 25.4 Å². The molecule has 0 amide bonds. The van der Waals surface area contributed by atoms with Crippen LogP contribution in [0.1, 0.15) is 39.7 Å². The number of ether oxygens (including phenoxy) is 2. The minimum atomic E-state index is -0.416. The minimum absolute atomic E-state index is 0.345. The number of carbonyl (C=O) groups excluding carboxylic acids is 1. The van der Waals surface area contributed by atoms with Gasteiger partial charge in [-0.3, -0.25) is 9.89 Å². The molecule has 162 valence electrons. The van der Waals surface area contributed by atoms with Crippen LogP contribution in [0.4, 0.5) is 0 Å². The van der Waals surface area contributed by atoms with E-state index in [2.05, 4.69) is 38.0 Å². The van der Waals surface area contributed by atoms with Crippen molar-refractivity contribution in [3.63, 3.8) is 0 Å². The Bertz CT molecular complexity index is 848. The normalized spacial score (nSPS) is 15.6. The fraction of sp³-hybridized carbons (Fsp3) is 0.455. The predicted molar refractivity (Wildman–Crippen MR) is 120 cm³/mol. The summed E-state index contributed by atoms with van der Waals surface area (Å²) in [6.45, 7) is 3.59. The number of nitrogens with one attached hydrogen (secondary N) is 2. The summed E-state index contributed by atoms with van der Waals surface area (Å²) in [6.07, 6.45) is 2.52. The molecule has 8 heteroatoms. The van der Waals surface area contributed by atoms with Crippen molar-refractivity contribution in [1.29, 1.82) is 0 Å². The van der Waals surface area contributed by atoms with Gasteiger partial charge in [0.05, 0.1) is 20.3 Å². The first-order chi connectivity index (χ1) is 14.7. The highest BCUT2D eigenvalue weighted by Crippen LogP contribution is 2.27. The lowest BCUT2D eigenvalue weighted by Crippen LogP contribution is -2.42. The lowest BCUT2D eigenvalue weighted by Gasteiger charge is -2.27. The van der Waals surface area contributed by atoms with Gasteiger partial charge in [0, 0.05) is 25.0 Å². The van der Waals surface area contributed by atoms with Crippen molar-refractivity contribution >= 4 is 23.3 Å². The Morgan fingerprint density at radius 3 is 2.67 bits per heavy atom. The molecule has 0 bridgehead atoms. The molecule has 0 saturated carbocycles. The highest BCUT2D eigenvalue weighted by molar-refractivity contribution is 7.10. The molecular weight excluding hydrogens is 400 g/mol. The third kappa shape index (κ3) is 5.52. The van der Waals surface area contributed by atoms with Gasteiger partial charge in [-0.15, -0.1) is 11.3 Å². The van der Waals surface area contributed by atoms with Crippen molar-refractivity contribution in [2.75, 3.05) is 40.9 Å². The van der Waals surface area contributed by atoms with Gasteiger partial charge >= 0.3 is 5.97 Å². The summed E-state index contributed by atoms with van der Waals surface area (Å²) >= 11 is 1.80. The summed E-state index contributed by atoms with van der Waals surface area (Å²) in [7, 11) is 4.66. The molecule has 1 aromatic carbocycles. The molecule has 1 aliphatic rings. The molecule has 1 aromatic heterocycles. The summed E-state index contributed by atoms with van der Waals surface area (Å²) in [6, 6.07) is 10.1. The summed E-state index contributed by atoms with van der Waals surface area (Å²) in [5.74, 6) is 0.810. The average Bonchev–Trinajstić information content (AvgIpc) is 3.50. The van der Waals surface area contributed by atoms with Crippen molar-refractivity contribution in [3.05, 3.63) is 51.7 Å². The van der Waals surface area contributed by atoms with Crippen LogP contribution in [0.15, 0.2) is 40.7 Å². The second-order valence-electron chi connectivity index (χ2n) is 7.11. The molecule has 30 heavy (non-hydrogen) atoms. The monoisotopic (exact) mass is 430 g/mol. The smallest absolute Gasteiger partial charge is 0.341 e. The van der Waals surface area contributed by atoms with Crippen LogP contribution < -0.4 is 15.4 Å². The maximum atomic E-state index is 12.0. The minimum Gasteiger partial charge on any atom is -0.496 e. The van der Waals surface area contributed by atoms with E-state index >= 15 is 0 Å². The van der Waals surface area contributed by atoms with Crippen molar-refractivity contribution in [3.8, 4) is 5.75 Å². The largest absolute Gasteiger partial charge is 0.496 e. The Kier molecular flexibility index (Phi) is 8.10. The number of hydrogen-bond acceptors (Lipinski definition) is 6. The zero-order valence-electron chi connectivity index (χ0n) is 17.8. The number of likely N-dealkylation sites (tertiary alicyclic amines) is 1. The van der Waals surface area contributed by atoms with E-state index in [4.69, 9.17) is 9.47 Å². The molecule has 2 heterocycles. The third-order valence-electron chi connectivity index (χ3n) is 5.27. The van der Waals surface area contributed by atoms with Crippen LogP contribution in [-0.2, 0) is 11.3 Å². The summed E-state index contributed by atoms with van der Waals surface area (Å²) in [5, 5.41) is 8.93. The van der Waals surface area contributed by atoms with Crippen LogP contribution in [0.3, 0.4) is 0 Å². The first-order valence-corrected chi connectivity index (χ1v) is 11.0. The van der Waals surface area contributed by atoms with E-state index in [1.165, 1.54) is 31.9 Å². The van der Waals surface area contributed by atoms with E-state index in [0.29, 0.717) is 23.9 Å². The van der Waals surface area contributed by atoms with Gasteiger partial charge in [0.1, 0.15) is 11.3 Å². The number of aliphatic imine (C=N–C) groups is 1. The number of benzene rings is 1. The molecule has 1 saturated heterocycles. The summed E-state index contributed by atoms with van der Waals surface area (Å²) < 4.78 is 10.1. The van der Waals surface area contributed by atoms with Gasteiger partial charge in [-0.05, 0) is 55.1 Å². The number of methoxy groups -OCH3 is 2. The topological polar surface area (TPSA) is 75.2 Å². The fourth-order valence-electron chi connectivity index (χ4n) is 3.68. The number of guanidine groups is 1. The molecule has 3 rings (SSSR count). The van der Waals surface area contributed by atoms with E-state index < -0.39 is 5.97 Å². The van der Waals surface area contributed by atoms with Gasteiger partial charge in [-0.1, -0.05) is 12.1 Å². The molecule has 0 aliphatic carbocycles. The number of thiophene rings is 1. The maximum absolute atomic E-state index is 12.0. The van der Waals surface area contributed by atoms with Gasteiger partial charge in [-0.25, -0.2) is 4.79 Å². The van der Waals surface area contributed by atoms with Gasteiger partial charge in [-0.2, -0.15) is 0 Å². The maximum Gasteiger partial charge on any atom is 0.341 e. The van der Waals surface area contributed by atoms with E-state index in [1.807, 2.05) is 6.07 Å². The molecule has 1 fully saturated rings. The molecule has 1 unspecified atom stereocenters. The summed E-state index contributed by atoms with van der Waals surface area (Å²) in [5.41, 5.74) is 1.35. The Labute approximate surface area is 182 Å². The van der Waals surface area contributed by atoms with Crippen molar-refractivity contribution in [2.24, 2.45) is 4.99 Å². The van der Waals surface area contributed by atoms with Gasteiger partial charge in [0.15, 0.2) is 5.96 Å². The Balaban J connectivity index is 1.61. The van der Waals surface area contributed by atoms with Crippen LogP contribution in [-0.4, -0.2) is 57.7 Å². The molecule has 0 spiro atoms. The van der Waals surface area contributed by atoms with Crippen molar-refractivity contribution < 1.29 is 14.3 Å². The van der Waals surface area contributed by atoms with E-state index in [9.17, 15) is 4.79 Å². The van der Waals surface area contributed by atoms with Crippen LogP contribution in [0.2, 0.25) is 0 Å². The zero-order chi connectivity index (χ0) is 21.3. The van der Waals surface area contributed by atoms with Gasteiger partial charge in [0.2, 0.25) is 0 Å². The zero-order valence-corrected chi connectivity index (χ0v) is 18.6. The lowest BCUT2D eigenvalue weighted by molar-refractivity contribution is 0.0597. The van der Waals surface area contributed by atoms with E-state index in [1.54, 1.807) is 30.5 Å². The van der Waals surface area contributed by atoms with Crippen LogP contribution in [0.25, 0.3) is 0 Å². The highest BCUT2D eigenvalue weighted by atomic mass is 32.1. The third-order valence-corrected chi connectivity index (χ3v) is 6.24. The quantitative estimate of drug-likeness (QED) is 0.381. The number of hydrogen-bond donors (Lipinski definition) is 2. The average molecular weight is 431 g/mol. The predicted octanol–water partition coefficient (Wildman–Crippen LogP) is 3.05. The fourth-order valence-corrected chi connectivity index (χ4v) is 4.54. The standard InChI is InChI=1S/C22H30N4O3S/c1-23-22(24-14-16-8-9-19(28-2)17(13-16)21(27)29-3)25-15-18(20-7-6-12-30-20)26-10-4-5-11-26/h6-9,12-13,18H,4-5,10-11,14-15H2,1-3H3,(H2,23,24,25).